The summed E-state index contributed by atoms with van der Waals surface area (Å²) in [6.45, 7) is 0. The van der Waals surface area contributed by atoms with E-state index in [0.29, 0.717) is 0 Å². The monoisotopic (exact) mass is 812 g/mol. The molecule has 0 radical (unpaired) electrons. The third kappa shape index (κ3) is 5.99. The number of hydrogen-bond acceptors (Lipinski definition) is 5. The molecular formula is C57H40N4O2. The Bertz CT molecular complexity index is 3630. The van der Waals surface area contributed by atoms with Gasteiger partial charge in [0.2, 0.25) is 0 Å². The standard InChI is InChI=1S/C57H40N4O2/c1-4-13-35(14-5-1)38-25-30-49-47(31-38)43-19-10-11-21-48(43)61(49)41-26-29-46-53(34-41)62-50-22-12-20-42(54(46)50)39-23-27-44-45-28-24-40(33-52(45)63-51(44)32-39)57-59-55(36-15-6-2-7-16-36)58-56(60-57)37-17-8-3-9-18-37/h1-34,55-60H. The molecule has 2 unspecified atom stereocenters. The molecule has 6 nitrogen and oxygen atoms in total. The highest BCUT2D eigenvalue weighted by molar-refractivity contribution is 6.15. The molecule has 13 rings (SSSR count). The van der Waals surface area contributed by atoms with E-state index >= 15 is 0 Å². The van der Waals surface area contributed by atoms with Crippen molar-refractivity contribution in [3.8, 4) is 27.9 Å². The lowest BCUT2D eigenvalue weighted by Gasteiger charge is -2.39. The maximum atomic E-state index is 6.71. The Hall–Kier alpha value is -7.74. The maximum Gasteiger partial charge on any atom is 0.137 e. The number of benzene rings is 9. The molecular weight excluding hydrogens is 773 g/mol. The van der Waals surface area contributed by atoms with E-state index in [2.05, 4.69) is 227 Å². The van der Waals surface area contributed by atoms with Gasteiger partial charge in [0.15, 0.2) is 0 Å². The van der Waals surface area contributed by atoms with Gasteiger partial charge in [0, 0.05) is 44.1 Å². The minimum Gasteiger partial charge on any atom is -0.456 e. The number of nitrogens with zero attached hydrogens (tertiary/aromatic N) is 1. The number of nitrogens with one attached hydrogen (secondary N) is 3. The van der Waals surface area contributed by atoms with Crippen molar-refractivity contribution in [2.24, 2.45) is 0 Å². The molecule has 1 fully saturated rings. The van der Waals surface area contributed by atoms with Gasteiger partial charge in [-0.05, 0) is 93.5 Å². The van der Waals surface area contributed by atoms with Crippen molar-refractivity contribution in [2.75, 3.05) is 0 Å². The molecule has 4 heterocycles. The summed E-state index contributed by atoms with van der Waals surface area (Å²) >= 11 is 0. The maximum absolute atomic E-state index is 6.71. The van der Waals surface area contributed by atoms with Gasteiger partial charge in [0.25, 0.3) is 0 Å². The summed E-state index contributed by atoms with van der Waals surface area (Å²) in [6.07, 6.45) is -0.218. The van der Waals surface area contributed by atoms with E-state index in [1.54, 1.807) is 0 Å². The SMILES string of the molecule is c1ccc(-c2ccc3c(c2)c2ccccc2n3-c2ccc3c(c2)oc2cccc(-c4ccc5c(c4)oc4cc(C6NC(c7ccccc7)NC(c7ccccc7)N6)ccc45)c23)cc1. The Morgan fingerprint density at radius 3 is 1.68 bits per heavy atom. The number of para-hydroxylation sites is 1. The zero-order valence-corrected chi connectivity index (χ0v) is 34.1. The average molecular weight is 813 g/mol. The first-order chi connectivity index (χ1) is 31.2. The summed E-state index contributed by atoms with van der Waals surface area (Å²) in [7, 11) is 0. The second-order valence-electron chi connectivity index (χ2n) is 16.6. The molecule has 1 aliphatic rings. The highest BCUT2D eigenvalue weighted by Gasteiger charge is 2.30. The zero-order chi connectivity index (χ0) is 41.4. The summed E-state index contributed by atoms with van der Waals surface area (Å²) < 4.78 is 15.7. The minimum atomic E-state index is -0.121. The number of aromatic nitrogens is 1. The van der Waals surface area contributed by atoms with Crippen LogP contribution in [0.2, 0.25) is 0 Å². The van der Waals surface area contributed by atoms with Gasteiger partial charge >= 0.3 is 0 Å². The van der Waals surface area contributed by atoms with Gasteiger partial charge in [0.1, 0.15) is 22.3 Å². The fourth-order valence-electron chi connectivity index (χ4n) is 9.91. The van der Waals surface area contributed by atoms with Gasteiger partial charge in [-0.2, -0.15) is 0 Å². The van der Waals surface area contributed by atoms with E-state index in [-0.39, 0.29) is 18.5 Å². The van der Waals surface area contributed by atoms with Crippen LogP contribution < -0.4 is 16.0 Å². The molecule has 6 heteroatoms. The van der Waals surface area contributed by atoms with Crippen molar-refractivity contribution in [1.82, 2.24) is 20.5 Å². The Labute approximate surface area is 363 Å². The molecule has 3 aromatic heterocycles. The molecule has 0 saturated carbocycles. The largest absolute Gasteiger partial charge is 0.456 e. The summed E-state index contributed by atoms with van der Waals surface area (Å²) in [4.78, 5) is 0. The van der Waals surface area contributed by atoms with Crippen molar-refractivity contribution in [3.63, 3.8) is 0 Å². The Balaban J connectivity index is 0.865. The molecule has 2 atom stereocenters. The van der Waals surface area contributed by atoms with Crippen LogP contribution in [-0.2, 0) is 0 Å². The van der Waals surface area contributed by atoms with Gasteiger partial charge in [0.05, 0.1) is 29.5 Å². The highest BCUT2D eigenvalue weighted by atomic mass is 16.3. The van der Waals surface area contributed by atoms with E-state index in [1.165, 1.54) is 33.0 Å². The van der Waals surface area contributed by atoms with Crippen LogP contribution in [0.5, 0.6) is 0 Å². The summed E-state index contributed by atoms with van der Waals surface area (Å²) in [5.41, 5.74) is 14.9. The molecule has 1 saturated heterocycles. The van der Waals surface area contributed by atoms with Crippen LogP contribution in [0.25, 0.3) is 93.6 Å². The van der Waals surface area contributed by atoms with Crippen molar-refractivity contribution < 1.29 is 8.83 Å². The topological polar surface area (TPSA) is 67.3 Å². The molecule has 0 aliphatic carbocycles. The molecule has 0 amide bonds. The third-order valence-electron chi connectivity index (χ3n) is 12.9. The van der Waals surface area contributed by atoms with Crippen LogP contribution in [0.3, 0.4) is 0 Å². The molecule has 3 N–H and O–H groups in total. The molecule has 63 heavy (non-hydrogen) atoms. The van der Waals surface area contributed by atoms with Crippen LogP contribution in [-0.4, -0.2) is 4.57 Å². The number of rotatable bonds is 6. The lowest BCUT2D eigenvalue weighted by Crippen LogP contribution is -2.54. The third-order valence-corrected chi connectivity index (χ3v) is 12.9. The Morgan fingerprint density at radius 2 is 0.921 bits per heavy atom. The van der Waals surface area contributed by atoms with E-state index in [0.717, 1.165) is 77.3 Å². The van der Waals surface area contributed by atoms with Gasteiger partial charge < -0.3 is 13.4 Å². The summed E-state index contributed by atoms with van der Waals surface area (Å²) in [5.74, 6) is 0. The van der Waals surface area contributed by atoms with E-state index in [1.807, 2.05) is 0 Å². The predicted octanol–water partition coefficient (Wildman–Crippen LogP) is 14.1. The first-order valence-electron chi connectivity index (χ1n) is 21.6. The average Bonchev–Trinajstić information content (AvgIpc) is 4.03. The molecule has 300 valence electrons. The van der Waals surface area contributed by atoms with Crippen LogP contribution >= 0.6 is 0 Å². The smallest absolute Gasteiger partial charge is 0.137 e. The van der Waals surface area contributed by atoms with Crippen molar-refractivity contribution in [1.29, 1.82) is 0 Å². The number of hydrogen-bond donors (Lipinski definition) is 3. The first-order valence-corrected chi connectivity index (χ1v) is 21.6. The van der Waals surface area contributed by atoms with Crippen molar-refractivity contribution in [2.45, 2.75) is 18.5 Å². The van der Waals surface area contributed by atoms with Gasteiger partial charge in [-0.25, -0.2) is 0 Å². The Morgan fingerprint density at radius 1 is 0.333 bits per heavy atom. The summed E-state index contributed by atoms with van der Waals surface area (Å²) in [6, 6.07) is 73.3. The lowest BCUT2D eigenvalue weighted by molar-refractivity contribution is 0.203. The fraction of sp³-hybridized carbons (Fsp3) is 0.0526. The second kappa shape index (κ2) is 14.4. The van der Waals surface area contributed by atoms with Gasteiger partial charge in [-0.1, -0.05) is 146 Å². The van der Waals surface area contributed by atoms with E-state index in [4.69, 9.17) is 8.83 Å². The highest BCUT2D eigenvalue weighted by Crippen LogP contribution is 2.42. The molecule has 9 aromatic carbocycles. The van der Waals surface area contributed by atoms with Gasteiger partial charge in [-0.15, -0.1) is 0 Å². The second-order valence-corrected chi connectivity index (χ2v) is 16.6. The number of fused-ring (bicyclic) bond motifs is 9. The van der Waals surface area contributed by atoms with Crippen LogP contribution in [0.1, 0.15) is 35.2 Å². The molecule has 1 aliphatic heterocycles. The molecule has 12 aromatic rings. The van der Waals surface area contributed by atoms with Crippen molar-refractivity contribution in [3.05, 3.63) is 223 Å². The Kier molecular flexibility index (Phi) is 8.24. The van der Waals surface area contributed by atoms with Crippen molar-refractivity contribution >= 4 is 65.7 Å². The molecule has 0 spiro atoms. The first kappa shape index (κ1) is 36.0. The van der Waals surface area contributed by atoms with Crippen LogP contribution in [0.15, 0.2) is 215 Å². The van der Waals surface area contributed by atoms with Gasteiger partial charge in [-0.3, -0.25) is 16.0 Å². The number of furan rings is 2. The van der Waals surface area contributed by atoms with Crippen LogP contribution in [0, 0.1) is 0 Å². The predicted molar refractivity (Wildman–Crippen MR) is 257 cm³/mol. The fourth-order valence-corrected chi connectivity index (χ4v) is 9.91. The quantitative estimate of drug-likeness (QED) is 0.156. The van der Waals surface area contributed by atoms with Crippen LogP contribution in [0.4, 0.5) is 0 Å². The van der Waals surface area contributed by atoms with E-state index < -0.39 is 0 Å². The zero-order valence-electron chi connectivity index (χ0n) is 34.1. The normalized spacial score (nSPS) is 16.9. The summed E-state index contributed by atoms with van der Waals surface area (Å²) in [5, 5.41) is 18.2. The van der Waals surface area contributed by atoms with E-state index in [9.17, 15) is 0 Å². The molecule has 0 bridgehead atoms. The lowest BCUT2D eigenvalue weighted by atomic mass is 9.98. The minimum absolute atomic E-state index is 0.0489.